The second-order valence-corrected chi connectivity index (χ2v) is 4.50. The van der Waals surface area contributed by atoms with Gasteiger partial charge in [-0.25, -0.2) is 4.98 Å². The van der Waals surface area contributed by atoms with Crippen LogP contribution in [0.4, 0.5) is 0 Å². The third-order valence-electron chi connectivity index (χ3n) is 3.11. The number of thiocarbonyl (C=S) groups is 1. The minimum atomic E-state index is -0.602. The summed E-state index contributed by atoms with van der Waals surface area (Å²) >= 11 is 4.97. The molecule has 0 radical (unpaired) electrons. The van der Waals surface area contributed by atoms with Gasteiger partial charge in [0.15, 0.2) is 0 Å². The molecule has 1 aliphatic rings. The van der Waals surface area contributed by atoms with Crippen molar-refractivity contribution in [2.24, 2.45) is 11.1 Å². The van der Waals surface area contributed by atoms with Gasteiger partial charge in [-0.05, 0) is 12.8 Å². The van der Waals surface area contributed by atoms with Gasteiger partial charge in [0.1, 0.15) is 0 Å². The molecule has 1 heterocycles. The number of aromatic nitrogens is 2. The lowest BCUT2D eigenvalue weighted by Gasteiger charge is -2.39. The van der Waals surface area contributed by atoms with E-state index in [1.54, 1.807) is 12.5 Å². The average Bonchev–Trinajstić information content (AvgIpc) is 2.64. The van der Waals surface area contributed by atoms with Crippen LogP contribution in [0.2, 0.25) is 0 Å². The Balaban J connectivity index is 1.95. The molecule has 0 unspecified atom stereocenters. The van der Waals surface area contributed by atoms with Gasteiger partial charge < -0.3 is 16.0 Å². The first-order valence-electron chi connectivity index (χ1n) is 5.20. The van der Waals surface area contributed by atoms with Crippen molar-refractivity contribution in [3.63, 3.8) is 0 Å². The molecule has 1 amide bonds. The van der Waals surface area contributed by atoms with Gasteiger partial charge in [0.25, 0.3) is 0 Å². The summed E-state index contributed by atoms with van der Waals surface area (Å²) in [5.74, 6) is -0.0687. The number of imidazole rings is 1. The van der Waals surface area contributed by atoms with Crippen molar-refractivity contribution in [3.8, 4) is 0 Å². The van der Waals surface area contributed by atoms with Crippen molar-refractivity contribution < 1.29 is 4.79 Å². The van der Waals surface area contributed by atoms with Crippen LogP contribution in [0.1, 0.15) is 25.0 Å². The second kappa shape index (κ2) is 4.21. The number of hydrogen-bond donors (Lipinski definition) is 3. The Morgan fingerprint density at radius 3 is 2.88 bits per heavy atom. The van der Waals surface area contributed by atoms with Crippen molar-refractivity contribution >= 4 is 23.1 Å². The topological polar surface area (TPSA) is 83.8 Å². The number of nitrogens with two attached hydrogens (primary N) is 1. The van der Waals surface area contributed by atoms with Gasteiger partial charge in [-0.3, -0.25) is 4.79 Å². The molecule has 1 saturated carbocycles. The van der Waals surface area contributed by atoms with Crippen LogP contribution >= 0.6 is 12.2 Å². The molecule has 1 aromatic rings. The van der Waals surface area contributed by atoms with E-state index in [0.29, 0.717) is 11.5 Å². The van der Waals surface area contributed by atoms with Crippen LogP contribution in [0, 0.1) is 5.41 Å². The lowest BCUT2D eigenvalue weighted by atomic mass is 9.68. The van der Waals surface area contributed by atoms with Crippen LogP contribution in [0.15, 0.2) is 12.5 Å². The lowest BCUT2D eigenvalue weighted by Crippen LogP contribution is -2.52. The lowest BCUT2D eigenvalue weighted by molar-refractivity contribution is -0.131. The molecule has 16 heavy (non-hydrogen) atoms. The maximum absolute atomic E-state index is 12.0. The number of carbonyl (C=O) groups excluding carboxylic acids is 1. The Bertz CT molecular complexity index is 397. The fourth-order valence-corrected chi connectivity index (χ4v) is 2.14. The van der Waals surface area contributed by atoms with Crippen LogP contribution < -0.4 is 11.1 Å². The van der Waals surface area contributed by atoms with Gasteiger partial charge in [0.05, 0.1) is 29.0 Å². The predicted octanol–water partition coefficient (Wildman–Crippen LogP) is 0.482. The molecule has 0 saturated heterocycles. The number of amides is 1. The fourth-order valence-electron chi connectivity index (χ4n) is 1.84. The van der Waals surface area contributed by atoms with E-state index in [-0.39, 0.29) is 5.91 Å². The Labute approximate surface area is 98.8 Å². The maximum Gasteiger partial charge on any atom is 0.233 e. The predicted molar refractivity (Wildman–Crippen MR) is 63.5 cm³/mol. The Morgan fingerprint density at radius 2 is 2.44 bits per heavy atom. The number of H-pyrrole nitrogens is 1. The van der Waals surface area contributed by atoms with E-state index < -0.39 is 5.41 Å². The molecular weight excluding hydrogens is 224 g/mol. The standard InChI is InChI=1S/C10H14N4OS/c11-8(16)10(2-1-3-10)9(15)13-5-7-4-12-6-14-7/h4,6H,1-3,5H2,(H2,11,16)(H,12,14)(H,13,15). The molecule has 0 aliphatic heterocycles. The first kappa shape index (κ1) is 11.1. The zero-order chi connectivity index (χ0) is 11.6. The van der Waals surface area contributed by atoms with E-state index in [4.69, 9.17) is 18.0 Å². The van der Waals surface area contributed by atoms with Gasteiger partial charge in [-0.1, -0.05) is 18.6 Å². The summed E-state index contributed by atoms with van der Waals surface area (Å²) in [6, 6.07) is 0. The molecular formula is C10H14N4OS. The van der Waals surface area contributed by atoms with Crippen molar-refractivity contribution in [2.75, 3.05) is 0 Å². The van der Waals surface area contributed by atoms with Crippen LogP contribution in [0.25, 0.3) is 0 Å². The van der Waals surface area contributed by atoms with E-state index in [2.05, 4.69) is 15.3 Å². The smallest absolute Gasteiger partial charge is 0.233 e. The summed E-state index contributed by atoms with van der Waals surface area (Å²) in [5.41, 5.74) is 5.90. The summed E-state index contributed by atoms with van der Waals surface area (Å²) in [5, 5.41) is 2.83. The highest BCUT2D eigenvalue weighted by Crippen LogP contribution is 2.41. The van der Waals surface area contributed by atoms with Gasteiger partial charge in [0, 0.05) is 6.20 Å². The highest BCUT2D eigenvalue weighted by atomic mass is 32.1. The number of nitrogens with one attached hydrogen (secondary N) is 2. The number of nitrogens with zero attached hydrogens (tertiary/aromatic N) is 1. The van der Waals surface area contributed by atoms with Crippen molar-refractivity contribution in [2.45, 2.75) is 25.8 Å². The molecule has 1 fully saturated rings. The zero-order valence-corrected chi connectivity index (χ0v) is 9.64. The monoisotopic (exact) mass is 238 g/mol. The first-order chi connectivity index (χ1) is 7.65. The van der Waals surface area contributed by atoms with E-state index in [9.17, 15) is 4.79 Å². The normalized spacial score (nSPS) is 17.5. The van der Waals surface area contributed by atoms with Crippen LogP contribution in [-0.2, 0) is 11.3 Å². The minimum absolute atomic E-state index is 0.0687. The van der Waals surface area contributed by atoms with Crippen molar-refractivity contribution in [1.29, 1.82) is 0 Å². The highest BCUT2D eigenvalue weighted by Gasteiger charge is 2.46. The Hall–Kier alpha value is -1.43. The summed E-state index contributed by atoms with van der Waals surface area (Å²) in [6.07, 6.45) is 5.78. The van der Waals surface area contributed by atoms with Crippen LogP contribution in [0.3, 0.4) is 0 Å². The summed E-state index contributed by atoms with van der Waals surface area (Å²) in [4.78, 5) is 19.1. The average molecular weight is 238 g/mol. The minimum Gasteiger partial charge on any atom is -0.392 e. The Kier molecular flexibility index (Phi) is 2.91. The third-order valence-corrected chi connectivity index (χ3v) is 3.50. The summed E-state index contributed by atoms with van der Waals surface area (Å²) in [7, 11) is 0. The molecule has 0 bridgehead atoms. The van der Waals surface area contributed by atoms with Crippen molar-refractivity contribution in [3.05, 3.63) is 18.2 Å². The molecule has 1 aliphatic carbocycles. The van der Waals surface area contributed by atoms with Gasteiger partial charge in [-0.2, -0.15) is 0 Å². The summed E-state index contributed by atoms with van der Waals surface area (Å²) < 4.78 is 0. The van der Waals surface area contributed by atoms with E-state index >= 15 is 0 Å². The van der Waals surface area contributed by atoms with Gasteiger partial charge >= 0.3 is 0 Å². The number of rotatable bonds is 4. The van der Waals surface area contributed by atoms with E-state index in [0.717, 1.165) is 25.0 Å². The van der Waals surface area contributed by atoms with Crippen molar-refractivity contribution in [1.82, 2.24) is 15.3 Å². The molecule has 86 valence electrons. The van der Waals surface area contributed by atoms with Crippen LogP contribution in [0.5, 0.6) is 0 Å². The van der Waals surface area contributed by atoms with E-state index in [1.807, 2.05) is 0 Å². The molecule has 1 aromatic heterocycles. The van der Waals surface area contributed by atoms with Gasteiger partial charge in [0.2, 0.25) is 5.91 Å². The molecule has 6 heteroatoms. The Morgan fingerprint density at radius 1 is 1.69 bits per heavy atom. The molecule has 0 atom stereocenters. The maximum atomic E-state index is 12.0. The SMILES string of the molecule is NC(=S)C1(C(=O)NCc2cnc[nH]2)CCC1. The quantitative estimate of drug-likeness (QED) is 0.666. The molecule has 0 aromatic carbocycles. The fraction of sp³-hybridized carbons (Fsp3) is 0.500. The van der Waals surface area contributed by atoms with Gasteiger partial charge in [-0.15, -0.1) is 0 Å². The third kappa shape index (κ3) is 1.80. The van der Waals surface area contributed by atoms with E-state index in [1.165, 1.54) is 0 Å². The molecule has 4 N–H and O–H groups in total. The highest BCUT2D eigenvalue weighted by molar-refractivity contribution is 7.80. The molecule has 2 rings (SSSR count). The summed E-state index contributed by atoms with van der Waals surface area (Å²) in [6.45, 7) is 0.434. The number of aromatic amines is 1. The molecule has 5 nitrogen and oxygen atoms in total. The first-order valence-corrected chi connectivity index (χ1v) is 5.61. The largest absolute Gasteiger partial charge is 0.392 e. The molecule has 0 spiro atoms. The second-order valence-electron chi connectivity index (χ2n) is 4.06. The number of hydrogen-bond acceptors (Lipinski definition) is 3. The number of carbonyl (C=O) groups is 1. The zero-order valence-electron chi connectivity index (χ0n) is 8.82. The van der Waals surface area contributed by atoms with Crippen LogP contribution in [-0.4, -0.2) is 20.9 Å².